The first kappa shape index (κ1) is 13.5. The zero-order valence-corrected chi connectivity index (χ0v) is 12.9. The molecule has 0 bridgehead atoms. The number of hydrogen-bond donors (Lipinski definition) is 1. The quantitative estimate of drug-likeness (QED) is 0.774. The summed E-state index contributed by atoms with van der Waals surface area (Å²) in [5.41, 5.74) is 8.48. The molecular formula is C16H16N2S2. The highest BCUT2D eigenvalue weighted by Crippen LogP contribution is 2.31. The fourth-order valence-electron chi connectivity index (χ4n) is 2.11. The highest BCUT2D eigenvalue weighted by molar-refractivity contribution is 7.21. The number of aromatic nitrogens is 1. The van der Waals surface area contributed by atoms with Crippen molar-refractivity contribution in [3.63, 3.8) is 0 Å². The number of aryl methyl sites for hydroxylation is 1. The summed E-state index contributed by atoms with van der Waals surface area (Å²) in [6.45, 7) is 2.12. The van der Waals surface area contributed by atoms with Crippen molar-refractivity contribution in [2.45, 2.75) is 19.4 Å². The lowest BCUT2D eigenvalue weighted by molar-refractivity contribution is 0.710. The molecule has 0 saturated carbocycles. The van der Waals surface area contributed by atoms with Gasteiger partial charge in [0.2, 0.25) is 0 Å². The van der Waals surface area contributed by atoms with E-state index in [2.05, 4.69) is 36.6 Å². The maximum absolute atomic E-state index is 6.25. The van der Waals surface area contributed by atoms with Crippen LogP contribution in [-0.4, -0.2) is 4.98 Å². The van der Waals surface area contributed by atoms with E-state index in [1.165, 1.54) is 9.75 Å². The van der Waals surface area contributed by atoms with Crippen molar-refractivity contribution in [2.75, 3.05) is 0 Å². The predicted octanol–water partition coefficient (Wildman–Crippen LogP) is 4.42. The van der Waals surface area contributed by atoms with E-state index in [4.69, 9.17) is 10.7 Å². The van der Waals surface area contributed by atoms with Crippen LogP contribution in [0, 0.1) is 6.92 Å². The third-order valence-corrected chi connectivity index (χ3v) is 5.22. The summed E-state index contributed by atoms with van der Waals surface area (Å²) in [6, 6.07) is 14.5. The molecule has 0 fully saturated rings. The Morgan fingerprint density at radius 2 is 1.95 bits per heavy atom. The zero-order chi connectivity index (χ0) is 13.9. The van der Waals surface area contributed by atoms with E-state index in [0.717, 1.165) is 22.7 Å². The van der Waals surface area contributed by atoms with Crippen molar-refractivity contribution in [2.24, 2.45) is 5.73 Å². The Morgan fingerprint density at radius 1 is 1.15 bits per heavy atom. The van der Waals surface area contributed by atoms with Gasteiger partial charge in [-0.2, -0.15) is 0 Å². The number of thiophene rings is 1. The van der Waals surface area contributed by atoms with Gasteiger partial charge in [0.15, 0.2) is 0 Å². The van der Waals surface area contributed by atoms with Gasteiger partial charge in [-0.1, -0.05) is 30.3 Å². The van der Waals surface area contributed by atoms with Gasteiger partial charge in [-0.3, -0.25) is 0 Å². The molecule has 1 aromatic carbocycles. The fourth-order valence-corrected chi connectivity index (χ4v) is 3.88. The largest absolute Gasteiger partial charge is 0.324 e. The Kier molecular flexibility index (Phi) is 3.96. The second-order valence-electron chi connectivity index (χ2n) is 4.78. The van der Waals surface area contributed by atoms with Crippen LogP contribution in [-0.2, 0) is 6.42 Å². The average molecular weight is 300 g/mol. The average Bonchev–Trinajstić information content (AvgIpc) is 3.09. The second-order valence-corrected chi connectivity index (χ2v) is 6.92. The summed E-state index contributed by atoms with van der Waals surface area (Å²) in [7, 11) is 0. The number of thiazole rings is 1. The Labute approximate surface area is 126 Å². The van der Waals surface area contributed by atoms with Crippen LogP contribution < -0.4 is 5.73 Å². The standard InChI is InChI=1S/C16H16N2S2/c1-11-7-8-15(20-11)16-18-13(10-19-16)9-14(17)12-5-3-2-4-6-12/h2-8,10,14H,9,17H2,1H3. The Hall–Kier alpha value is -1.49. The van der Waals surface area contributed by atoms with Gasteiger partial charge in [-0.15, -0.1) is 22.7 Å². The number of hydrogen-bond acceptors (Lipinski definition) is 4. The van der Waals surface area contributed by atoms with Gasteiger partial charge in [0.05, 0.1) is 10.6 Å². The molecule has 0 aliphatic rings. The molecule has 3 aromatic rings. The van der Waals surface area contributed by atoms with Crippen LogP contribution >= 0.6 is 22.7 Å². The number of rotatable bonds is 4. The third kappa shape index (κ3) is 2.98. The van der Waals surface area contributed by atoms with Gasteiger partial charge in [-0.25, -0.2) is 4.98 Å². The minimum Gasteiger partial charge on any atom is -0.324 e. The molecule has 4 heteroatoms. The normalized spacial score (nSPS) is 12.5. The minimum atomic E-state index is 0.0104. The van der Waals surface area contributed by atoms with E-state index in [1.807, 2.05) is 18.2 Å². The smallest absolute Gasteiger partial charge is 0.133 e. The maximum Gasteiger partial charge on any atom is 0.133 e. The van der Waals surface area contributed by atoms with Gasteiger partial charge >= 0.3 is 0 Å². The monoisotopic (exact) mass is 300 g/mol. The lowest BCUT2D eigenvalue weighted by atomic mass is 10.0. The molecule has 3 rings (SSSR count). The summed E-state index contributed by atoms with van der Waals surface area (Å²) in [4.78, 5) is 7.27. The Morgan fingerprint density at radius 3 is 2.65 bits per heavy atom. The summed E-state index contributed by atoms with van der Waals surface area (Å²) >= 11 is 3.48. The van der Waals surface area contributed by atoms with Gasteiger partial charge in [0.25, 0.3) is 0 Å². The van der Waals surface area contributed by atoms with E-state index in [0.29, 0.717) is 0 Å². The summed E-state index contributed by atoms with van der Waals surface area (Å²) in [6.07, 6.45) is 0.783. The van der Waals surface area contributed by atoms with E-state index in [1.54, 1.807) is 22.7 Å². The molecule has 0 aliphatic heterocycles. The van der Waals surface area contributed by atoms with Crippen LogP contribution in [0.15, 0.2) is 47.8 Å². The van der Waals surface area contributed by atoms with Gasteiger partial charge < -0.3 is 5.73 Å². The first-order chi connectivity index (χ1) is 9.72. The minimum absolute atomic E-state index is 0.0104. The Balaban J connectivity index is 1.74. The van der Waals surface area contributed by atoms with Crippen LogP contribution in [0.25, 0.3) is 9.88 Å². The first-order valence-corrected chi connectivity index (χ1v) is 8.24. The Bertz CT molecular complexity index is 685. The van der Waals surface area contributed by atoms with Crippen molar-refractivity contribution in [1.82, 2.24) is 4.98 Å². The molecular weight excluding hydrogens is 284 g/mol. The van der Waals surface area contributed by atoms with Crippen molar-refractivity contribution in [1.29, 1.82) is 0 Å². The number of benzene rings is 1. The molecule has 2 aromatic heterocycles. The molecule has 2 heterocycles. The van der Waals surface area contributed by atoms with Crippen LogP contribution in [0.3, 0.4) is 0 Å². The summed E-state index contributed by atoms with van der Waals surface area (Å²) in [5, 5.41) is 3.21. The highest BCUT2D eigenvalue weighted by Gasteiger charge is 2.11. The van der Waals surface area contributed by atoms with Crippen LogP contribution in [0.1, 0.15) is 22.2 Å². The fraction of sp³-hybridized carbons (Fsp3) is 0.188. The molecule has 0 amide bonds. The number of nitrogens with zero attached hydrogens (tertiary/aromatic N) is 1. The van der Waals surface area contributed by atoms with Crippen LogP contribution in [0.5, 0.6) is 0 Å². The molecule has 0 aliphatic carbocycles. The van der Waals surface area contributed by atoms with E-state index >= 15 is 0 Å². The molecule has 0 saturated heterocycles. The first-order valence-electron chi connectivity index (χ1n) is 6.54. The molecule has 0 spiro atoms. The van der Waals surface area contributed by atoms with Gasteiger partial charge in [-0.05, 0) is 24.6 Å². The highest BCUT2D eigenvalue weighted by atomic mass is 32.1. The topological polar surface area (TPSA) is 38.9 Å². The molecule has 2 N–H and O–H groups in total. The lowest BCUT2D eigenvalue weighted by Gasteiger charge is -2.09. The van der Waals surface area contributed by atoms with Crippen molar-refractivity contribution >= 4 is 22.7 Å². The van der Waals surface area contributed by atoms with Crippen LogP contribution in [0.4, 0.5) is 0 Å². The molecule has 1 unspecified atom stereocenters. The van der Waals surface area contributed by atoms with E-state index in [9.17, 15) is 0 Å². The molecule has 102 valence electrons. The van der Waals surface area contributed by atoms with E-state index in [-0.39, 0.29) is 6.04 Å². The van der Waals surface area contributed by atoms with Crippen molar-refractivity contribution in [3.05, 3.63) is 64.0 Å². The summed E-state index contributed by atoms with van der Waals surface area (Å²) in [5.74, 6) is 0. The second kappa shape index (κ2) is 5.87. The van der Waals surface area contributed by atoms with Gasteiger partial charge in [0, 0.05) is 22.7 Å². The molecule has 20 heavy (non-hydrogen) atoms. The zero-order valence-electron chi connectivity index (χ0n) is 11.2. The van der Waals surface area contributed by atoms with Gasteiger partial charge in [0.1, 0.15) is 5.01 Å². The van der Waals surface area contributed by atoms with Crippen LogP contribution in [0.2, 0.25) is 0 Å². The third-order valence-electron chi connectivity index (χ3n) is 3.16. The molecule has 1 atom stereocenters. The van der Waals surface area contributed by atoms with Crippen molar-refractivity contribution < 1.29 is 0 Å². The SMILES string of the molecule is Cc1ccc(-c2nc(CC(N)c3ccccc3)cs2)s1. The maximum atomic E-state index is 6.25. The van der Waals surface area contributed by atoms with Crippen molar-refractivity contribution in [3.8, 4) is 9.88 Å². The lowest BCUT2D eigenvalue weighted by Crippen LogP contribution is -2.13. The summed E-state index contributed by atoms with van der Waals surface area (Å²) < 4.78 is 0. The van der Waals surface area contributed by atoms with E-state index < -0.39 is 0 Å². The molecule has 0 radical (unpaired) electrons. The predicted molar refractivity (Wildman–Crippen MR) is 87.2 cm³/mol. The number of nitrogens with two attached hydrogens (primary N) is 1. The molecule has 2 nitrogen and oxygen atoms in total.